The van der Waals surface area contributed by atoms with Crippen molar-refractivity contribution >= 4 is 49.6 Å². The van der Waals surface area contributed by atoms with Crippen molar-refractivity contribution in [1.29, 1.82) is 0 Å². The fourth-order valence-corrected chi connectivity index (χ4v) is 4.33. The lowest BCUT2D eigenvalue weighted by Crippen LogP contribution is -2.24. The fraction of sp³-hybridized carbons (Fsp3) is 0.385. The molecule has 1 saturated heterocycles. The van der Waals surface area contributed by atoms with Crippen molar-refractivity contribution in [3.05, 3.63) is 22.4 Å². The fourth-order valence-electron chi connectivity index (χ4n) is 2.14. The molecule has 1 aliphatic heterocycles. The molecule has 0 aromatic carbocycles. The molecule has 19 heavy (non-hydrogen) atoms. The van der Waals surface area contributed by atoms with Crippen LogP contribution in [0.1, 0.15) is 11.3 Å². The van der Waals surface area contributed by atoms with Crippen LogP contribution in [0.2, 0.25) is 0 Å². The summed E-state index contributed by atoms with van der Waals surface area (Å²) in [6.45, 7) is 2.87. The molecule has 1 atom stereocenters. The van der Waals surface area contributed by atoms with E-state index in [0.29, 0.717) is 12.3 Å². The van der Waals surface area contributed by atoms with Crippen molar-refractivity contribution in [3.63, 3.8) is 0 Å². The Morgan fingerprint density at radius 1 is 1.53 bits per heavy atom. The van der Waals surface area contributed by atoms with E-state index in [1.54, 1.807) is 22.7 Å². The molecular formula is C13H13BrN2OS2. The van der Waals surface area contributed by atoms with Gasteiger partial charge < -0.3 is 0 Å². The molecule has 1 unspecified atom stereocenters. The number of carbonyl (C=O) groups excluding carboxylic acids is 1. The van der Waals surface area contributed by atoms with E-state index in [4.69, 9.17) is 0 Å². The zero-order valence-corrected chi connectivity index (χ0v) is 13.6. The third kappa shape index (κ3) is 2.61. The van der Waals surface area contributed by atoms with Gasteiger partial charge in [-0.1, -0.05) is 15.9 Å². The van der Waals surface area contributed by atoms with Crippen LogP contribution in [0.25, 0.3) is 10.6 Å². The Bertz CT molecular complexity index is 607. The topological polar surface area (TPSA) is 33.2 Å². The molecule has 6 heteroatoms. The van der Waals surface area contributed by atoms with Gasteiger partial charge in [0.1, 0.15) is 0 Å². The number of hydrogen-bond acceptors (Lipinski definition) is 4. The minimum absolute atomic E-state index is 0.188. The summed E-state index contributed by atoms with van der Waals surface area (Å²) in [5.74, 6) is 0.594. The van der Waals surface area contributed by atoms with Gasteiger partial charge in [0.15, 0.2) is 5.13 Å². The molecule has 0 radical (unpaired) electrons. The molecule has 0 bridgehead atoms. The summed E-state index contributed by atoms with van der Waals surface area (Å²) in [7, 11) is 0. The van der Waals surface area contributed by atoms with E-state index >= 15 is 0 Å². The Labute approximate surface area is 128 Å². The van der Waals surface area contributed by atoms with Gasteiger partial charge in [0.05, 0.1) is 10.6 Å². The number of amides is 1. The summed E-state index contributed by atoms with van der Waals surface area (Å²) in [5.41, 5.74) is 0.980. The summed E-state index contributed by atoms with van der Waals surface area (Å²) >= 11 is 6.74. The van der Waals surface area contributed by atoms with Crippen LogP contribution in [-0.2, 0) is 4.79 Å². The maximum atomic E-state index is 12.0. The Balaban J connectivity index is 1.84. The lowest BCUT2D eigenvalue weighted by molar-refractivity contribution is -0.117. The van der Waals surface area contributed by atoms with Crippen LogP contribution >= 0.6 is 38.6 Å². The Morgan fingerprint density at radius 3 is 3.00 bits per heavy atom. The standard InChI is InChI=1S/C13H13BrN2OS2/c1-8-2-3-11(19-8)10-7-18-13(15-10)16-6-9(5-14)4-12(16)17/h2-3,7,9H,4-6H2,1H3. The maximum absolute atomic E-state index is 12.0. The summed E-state index contributed by atoms with van der Waals surface area (Å²) in [5, 5.41) is 3.74. The van der Waals surface area contributed by atoms with Crippen molar-refractivity contribution < 1.29 is 4.79 Å². The maximum Gasteiger partial charge on any atom is 0.229 e. The average Bonchev–Trinajstić information content (AvgIpc) is 3.07. The molecule has 100 valence electrons. The first-order chi connectivity index (χ1) is 9.17. The third-order valence-electron chi connectivity index (χ3n) is 3.14. The highest BCUT2D eigenvalue weighted by molar-refractivity contribution is 9.09. The first kappa shape index (κ1) is 13.3. The summed E-state index contributed by atoms with van der Waals surface area (Å²) in [6.07, 6.45) is 0.623. The molecule has 3 heterocycles. The Kier molecular flexibility index (Phi) is 3.73. The zero-order chi connectivity index (χ0) is 13.4. The highest BCUT2D eigenvalue weighted by atomic mass is 79.9. The van der Waals surface area contributed by atoms with Gasteiger partial charge in [0, 0.05) is 28.6 Å². The number of thiophene rings is 1. The molecule has 2 aromatic rings. The van der Waals surface area contributed by atoms with Crippen LogP contribution in [0.5, 0.6) is 0 Å². The number of thiazole rings is 1. The summed E-state index contributed by atoms with van der Waals surface area (Å²) < 4.78 is 0. The van der Waals surface area contributed by atoms with Gasteiger partial charge in [-0.05, 0) is 25.0 Å². The van der Waals surface area contributed by atoms with Crippen LogP contribution < -0.4 is 4.90 Å². The molecule has 3 rings (SSSR count). The summed E-state index contributed by atoms with van der Waals surface area (Å²) in [6, 6.07) is 4.19. The van der Waals surface area contributed by atoms with E-state index < -0.39 is 0 Å². The number of alkyl halides is 1. The smallest absolute Gasteiger partial charge is 0.229 e. The van der Waals surface area contributed by atoms with Crippen LogP contribution in [0, 0.1) is 12.8 Å². The van der Waals surface area contributed by atoms with Crippen molar-refractivity contribution in [1.82, 2.24) is 4.98 Å². The van der Waals surface area contributed by atoms with E-state index in [2.05, 4.69) is 40.0 Å². The van der Waals surface area contributed by atoms with Gasteiger partial charge in [-0.15, -0.1) is 22.7 Å². The number of carbonyl (C=O) groups is 1. The number of aromatic nitrogens is 1. The van der Waals surface area contributed by atoms with Crippen LogP contribution in [0.4, 0.5) is 5.13 Å². The molecule has 0 N–H and O–H groups in total. The molecule has 0 spiro atoms. The Morgan fingerprint density at radius 2 is 2.37 bits per heavy atom. The van der Waals surface area contributed by atoms with Crippen LogP contribution in [0.3, 0.4) is 0 Å². The molecule has 0 saturated carbocycles. The van der Waals surface area contributed by atoms with Crippen molar-refractivity contribution in [3.8, 4) is 10.6 Å². The van der Waals surface area contributed by atoms with E-state index in [1.165, 1.54) is 9.75 Å². The second-order valence-corrected chi connectivity index (χ2v) is 7.43. The van der Waals surface area contributed by atoms with Crippen LogP contribution in [-0.4, -0.2) is 22.8 Å². The van der Waals surface area contributed by atoms with E-state index in [1.807, 2.05) is 10.3 Å². The molecule has 3 nitrogen and oxygen atoms in total. The first-order valence-corrected chi connectivity index (χ1v) is 8.88. The number of hydrogen-bond donors (Lipinski definition) is 0. The number of nitrogens with zero attached hydrogens (tertiary/aromatic N) is 2. The van der Waals surface area contributed by atoms with E-state index in [-0.39, 0.29) is 5.91 Å². The van der Waals surface area contributed by atoms with Crippen LogP contribution in [0.15, 0.2) is 17.5 Å². The quantitative estimate of drug-likeness (QED) is 0.780. The van der Waals surface area contributed by atoms with Gasteiger partial charge in [0.2, 0.25) is 5.91 Å². The van der Waals surface area contributed by atoms with Gasteiger partial charge in [-0.2, -0.15) is 0 Å². The minimum atomic E-state index is 0.188. The normalized spacial score (nSPS) is 19.4. The van der Waals surface area contributed by atoms with Gasteiger partial charge in [-0.25, -0.2) is 4.98 Å². The van der Waals surface area contributed by atoms with Gasteiger partial charge in [-0.3, -0.25) is 9.69 Å². The highest BCUT2D eigenvalue weighted by Crippen LogP contribution is 2.34. The molecule has 1 fully saturated rings. The first-order valence-electron chi connectivity index (χ1n) is 6.06. The van der Waals surface area contributed by atoms with Crippen molar-refractivity contribution in [2.45, 2.75) is 13.3 Å². The number of halogens is 1. The van der Waals surface area contributed by atoms with E-state index in [0.717, 1.165) is 22.7 Å². The number of rotatable bonds is 3. The second kappa shape index (κ2) is 5.34. The Hall–Kier alpha value is -0.720. The van der Waals surface area contributed by atoms with Gasteiger partial charge >= 0.3 is 0 Å². The molecule has 0 aliphatic carbocycles. The molecular weight excluding hydrogens is 344 g/mol. The summed E-state index contributed by atoms with van der Waals surface area (Å²) in [4.78, 5) is 20.9. The predicted octanol–water partition coefficient (Wildman–Crippen LogP) is 3.93. The second-order valence-electron chi connectivity index (χ2n) is 4.65. The van der Waals surface area contributed by atoms with Gasteiger partial charge in [0.25, 0.3) is 0 Å². The predicted molar refractivity (Wildman–Crippen MR) is 84.4 cm³/mol. The highest BCUT2D eigenvalue weighted by Gasteiger charge is 2.31. The van der Waals surface area contributed by atoms with Crippen molar-refractivity contribution in [2.75, 3.05) is 16.8 Å². The average molecular weight is 357 g/mol. The minimum Gasteiger partial charge on any atom is -0.288 e. The lowest BCUT2D eigenvalue weighted by atomic mass is 10.2. The van der Waals surface area contributed by atoms with E-state index in [9.17, 15) is 4.79 Å². The molecule has 1 amide bonds. The SMILES string of the molecule is Cc1ccc(-c2csc(N3CC(CBr)CC3=O)n2)s1. The largest absolute Gasteiger partial charge is 0.288 e. The molecule has 2 aromatic heterocycles. The molecule has 1 aliphatic rings. The van der Waals surface area contributed by atoms with Crippen molar-refractivity contribution in [2.24, 2.45) is 5.92 Å². The number of anilines is 1. The number of aryl methyl sites for hydroxylation is 1. The monoisotopic (exact) mass is 356 g/mol. The third-order valence-corrected chi connectivity index (χ3v) is 5.94. The zero-order valence-electron chi connectivity index (χ0n) is 10.4. The lowest BCUT2D eigenvalue weighted by Gasteiger charge is -2.11.